The summed E-state index contributed by atoms with van der Waals surface area (Å²) in [7, 11) is 0. The van der Waals surface area contributed by atoms with Crippen LogP contribution in [0.4, 0.5) is 0 Å². The van der Waals surface area contributed by atoms with E-state index in [1.165, 1.54) is 6.07 Å². The molecular formula is C18H15NO4. The predicted molar refractivity (Wildman–Crippen MR) is 86.3 cm³/mol. The summed E-state index contributed by atoms with van der Waals surface area (Å²) >= 11 is 0. The van der Waals surface area contributed by atoms with Crippen molar-refractivity contribution in [1.29, 1.82) is 0 Å². The van der Waals surface area contributed by atoms with Crippen LogP contribution < -0.4 is 15.7 Å². The zero-order valence-corrected chi connectivity index (χ0v) is 12.3. The smallest absolute Gasteiger partial charge is 0.336 e. The van der Waals surface area contributed by atoms with Crippen molar-refractivity contribution in [2.75, 3.05) is 6.61 Å². The first-order valence-electron chi connectivity index (χ1n) is 7.18. The van der Waals surface area contributed by atoms with E-state index in [0.717, 1.165) is 10.9 Å². The van der Waals surface area contributed by atoms with Crippen molar-refractivity contribution in [2.24, 2.45) is 0 Å². The Morgan fingerprint density at radius 1 is 1.04 bits per heavy atom. The van der Waals surface area contributed by atoms with Crippen LogP contribution in [0.5, 0.6) is 5.75 Å². The van der Waals surface area contributed by atoms with Gasteiger partial charge < -0.3 is 14.5 Å². The van der Waals surface area contributed by atoms with E-state index < -0.39 is 5.63 Å². The van der Waals surface area contributed by atoms with Gasteiger partial charge in [-0.3, -0.25) is 4.79 Å². The van der Waals surface area contributed by atoms with Gasteiger partial charge in [0.25, 0.3) is 5.91 Å². The maximum absolute atomic E-state index is 11.8. The zero-order chi connectivity index (χ0) is 16.1. The number of benzene rings is 2. The molecule has 0 bridgehead atoms. The molecule has 1 aromatic heterocycles. The second-order valence-electron chi connectivity index (χ2n) is 5.01. The van der Waals surface area contributed by atoms with Gasteiger partial charge in [0.15, 0.2) is 6.61 Å². The number of carbonyl (C=O) groups is 1. The molecule has 0 radical (unpaired) electrons. The van der Waals surface area contributed by atoms with Crippen molar-refractivity contribution in [3.63, 3.8) is 0 Å². The van der Waals surface area contributed by atoms with Crippen LogP contribution in [0.2, 0.25) is 0 Å². The average molecular weight is 309 g/mol. The lowest BCUT2D eigenvalue weighted by molar-refractivity contribution is -0.123. The highest BCUT2D eigenvalue weighted by Crippen LogP contribution is 2.19. The zero-order valence-electron chi connectivity index (χ0n) is 12.3. The standard InChI is InChI=1S/C18H15NO4/c20-17(19-11-13-4-2-1-3-5-13)12-22-15-8-6-14-7-9-18(21)23-16(14)10-15/h1-10H,11-12H2,(H,19,20). The lowest BCUT2D eigenvalue weighted by atomic mass is 10.2. The van der Waals surface area contributed by atoms with Gasteiger partial charge in [0.05, 0.1) is 0 Å². The highest BCUT2D eigenvalue weighted by Gasteiger charge is 2.05. The molecule has 2 aromatic carbocycles. The molecule has 0 fully saturated rings. The third kappa shape index (κ3) is 3.97. The normalized spacial score (nSPS) is 10.4. The van der Waals surface area contributed by atoms with Crippen LogP contribution in [-0.2, 0) is 11.3 Å². The molecule has 0 aliphatic carbocycles. The van der Waals surface area contributed by atoms with Gasteiger partial charge in [-0.15, -0.1) is 0 Å². The van der Waals surface area contributed by atoms with E-state index in [4.69, 9.17) is 9.15 Å². The highest BCUT2D eigenvalue weighted by molar-refractivity contribution is 5.79. The molecule has 0 spiro atoms. The van der Waals surface area contributed by atoms with E-state index in [0.29, 0.717) is 17.9 Å². The van der Waals surface area contributed by atoms with Crippen LogP contribution in [0.3, 0.4) is 0 Å². The summed E-state index contributed by atoms with van der Waals surface area (Å²) in [6.45, 7) is 0.352. The van der Waals surface area contributed by atoms with E-state index in [9.17, 15) is 9.59 Å². The van der Waals surface area contributed by atoms with E-state index in [-0.39, 0.29) is 12.5 Å². The Balaban J connectivity index is 1.57. The molecule has 0 atom stereocenters. The van der Waals surface area contributed by atoms with Gasteiger partial charge in [0, 0.05) is 24.1 Å². The summed E-state index contributed by atoms with van der Waals surface area (Å²) in [5, 5.41) is 3.57. The van der Waals surface area contributed by atoms with E-state index >= 15 is 0 Å². The van der Waals surface area contributed by atoms with Crippen LogP contribution in [0.25, 0.3) is 11.0 Å². The molecule has 3 rings (SSSR count). The Bertz CT molecular complexity index is 871. The summed E-state index contributed by atoms with van der Waals surface area (Å²) < 4.78 is 10.5. The minimum atomic E-state index is -0.421. The molecule has 116 valence electrons. The predicted octanol–water partition coefficient (Wildman–Crippen LogP) is 2.49. The first-order valence-corrected chi connectivity index (χ1v) is 7.18. The van der Waals surface area contributed by atoms with Crippen LogP contribution >= 0.6 is 0 Å². The third-order valence-corrected chi connectivity index (χ3v) is 3.30. The SMILES string of the molecule is O=C(COc1ccc2ccc(=O)oc2c1)NCc1ccccc1. The number of nitrogens with one attached hydrogen (secondary N) is 1. The topological polar surface area (TPSA) is 68.5 Å². The molecular weight excluding hydrogens is 294 g/mol. The van der Waals surface area contributed by atoms with Gasteiger partial charge >= 0.3 is 5.63 Å². The van der Waals surface area contributed by atoms with E-state index in [1.807, 2.05) is 30.3 Å². The third-order valence-electron chi connectivity index (χ3n) is 3.30. The maximum atomic E-state index is 11.8. The molecule has 0 aliphatic heterocycles. The van der Waals surface area contributed by atoms with Crippen molar-refractivity contribution in [2.45, 2.75) is 6.54 Å². The molecule has 0 unspecified atom stereocenters. The summed E-state index contributed by atoms with van der Waals surface area (Å²) in [5.41, 5.74) is 1.03. The lowest BCUT2D eigenvalue weighted by Crippen LogP contribution is -2.28. The van der Waals surface area contributed by atoms with Gasteiger partial charge in [-0.2, -0.15) is 0 Å². The van der Waals surface area contributed by atoms with Crippen molar-refractivity contribution >= 4 is 16.9 Å². The summed E-state index contributed by atoms with van der Waals surface area (Å²) in [5.74, 6) is 0.255. The molecule has 5 nitrogen and oxygen atoms in total. The van der Waals surface area contributed by atoms with Gasteiger partial charge in [-0.05, 0) is 23.8 Å². The molecule has 23 heavy (non-hydrogen) atoms. The first-order chi connectivity index (χ1) is 11.2. The largest absolute Gasteiger partial charge is 0.484 e. The quantitative estimate of drug-likeness (QED) is 0.735. The van der Waals surface area contributed by atoms with Crippen LogP contribution in [-0.4, -0.2) is 12.5 Å². The van der Waals surface area contributed by atoms with Crippen molar-refractivity contribution in [1.82, 2.24) is 5.32 Å². The number of hydrogen-bond acceptors (Lipinski definition) is 4. The van der Waals surface area contributed by atoms with Crippen molar-refractivity contribution < 1.29 is 13.9 Å². The molecule has 0 aliphatic rings. The lowest BCUT2D eigenvalue weighted by Gasteiger charge is -2.08. The van der Waals surface area contributed by atoms with Gasteiger partial charge in [0.1, 0.15) is 11.3 Å². The van der Waals surface area contributed by atoms with E-state index in [2.05, 4.69) is 5.32 Å². The minimum absolute atomic E-state index is 0.102. The molecule has 1 N–H and O–H groups in total. The monoisotopic (exact) mass is 309 g/mol. The minimum Gasteiger partial charge on any atom is -0.484 e. The molecule has 0 saturated heterocycles. The van der Waals surface area contributed by atoms with E-state index in [1.54, 1.807) is 24.3 Å². The molecule has 1 heterocycles. The number of hydrogen-bond donors (Lipinski definition) is 1. The molecule has 0 saturated carbocycles. The average Bonchev–Trinajstić information content (AvgIpc) is 2.58. The fourth-order valence-corrected chi connectivity index (χ4v) is 2.13. The first kappa shape index (κ1) is 14.8. The van der Waals surface area contributed by atoms with Crippen molar-refractivity contribution in [3.8, 4) is 5.75 Å². The summed E-state index contributed by atoms with van der Waals surface area (Å²) in [4.78, 5) is 23.0. The molecule has 3 aromatic rings. The van der Waals surface area contributed by atoms with Crippen LogP contribution in [0.1, 0.15) is 5.56 Å². The van der Waals surface area contributed by atoms with Gasteiger partial charge in [-0.25, -0.2) is 4.79 Å². The summed E-state index contributed by atoms with van der Waals surface area (Å²) in [6, 6.07) is 17.8. The highest BCUT2D eigenvalue weighted by atomic mass is 16.5. The Hall–Kier alpha value is -3.08. The Labute approximate surface area is 132 Å². The second-order valence-corrected chi connectivity index (χ2v) is 5.01. The molecule has 5 heteroatoms. The van der Waals surface area contributed by atoms with Gasteiger partial charge in [0.2, 0.25) is 0 Å². The number of ether oxygens (including phenoxy) is 1. The van der Waals surface area contributed by atoms with Crippen molar-refractivity contribution in [3.05, 3.63) is 76.6 Å². The molecule has 1 amide bonds. The number of rotatable bonds is 5. The maximum Gasteiger partial charge on any atom is 0.336 e. The number of fused-ring (bicyclic) bond motifs is 1. The Morgan fingerprint density at radius 2 is 1.83 bits per heavy atom. The number of carbonyl (C=O) groups excluding carboxylic acids is 1. The Morgan fingerprint density at radius 3 is 2.65 bits per heavy atom. The van der Waals surface area contributed by atoms with Crippen LogP contribution in [0.15, 0.2) is 69.9 Å². The van der Waals surface area contributed by atoms with Gasteiger partial charge in [-0.1, -0.05) is 30.3 Å². The van der Waals surface area contributed by atoms with Crippen LogP contribution in [0, 0.1) is 0 Å². The fraction of sp³-hybridized carbons (Fsp3) is 0.111. The second kappa shape index (κ2) is 6.79. The fourth-order valence-electron chi connectivity index (χ4n) is 2.13. The number of amides is 1. The Kier molecular flexibility index (Phi) is 4.38. The summed E-state index contributed by atoms with van der Waals surface area (Å²) in [6.07, 6.45) is 0.